The van der Waals surface area contributed by atoms with Crippen LogP contribution in [0.4, 0.5) is 0 Å². The largest absolute Gasteiger partial charge is 0.385 e. The molecule has 170 valence electrons. The van der Waals surface area contributed by atoms with E-state index in [1.807, 2.05) is 30.9 Å². The zero-order valence-corrected chi connectivity index (χ0v) is 20.2. The van der Waals surface area contributed by atoms with Crippen molar-refractivity contribution in [2.45, 2.75) is 80.1 Å². The van der Waals surface area contributed by atoms with Crippen molar-refractivity contribution >= 4 is 12.2 Å². The summed E-state index contributed by atoms with van der Waals surface area (Å²) < 4.78 is 0. The lowest BCUT2D eigenvalue weighted by molar-refractivity contribution is -0.125. The maximum absolute atomic E-state index is 12.4. The van der Waals surface area contributed by atoms with E-state index in [0.717, 1.165) is 57.2 Å². The summed E-state index contributed by atoms with van der Waals surface area (Å²) in [5.41, 5.74) is 2.57. The van der Waals surface area contributed by atoms with Gasteiger partial charge in [0.2, 0.25) is 5.91 Å². The van der Waals surface area contributed by atoms with Crippen molar-refractivity contribution in [3.05, 3.63) is 47.7 Å². The first-order valence-corrected chi connectivity index (χ1v) is 11.4. The van der Waals surface area contributed by atoms with Crippen molar-refractivity contribution in [2.75, 3.05) is 19.6 Å². The molecule has 1 N–H and O–H groups in total. The van der Waals surface area contributed by atoms with Crippen LogP contribution in [0.1, 0.15) is 80.1 Å². The number of nitrogens with one attached hydrogen (secondary N) is 1. The molecular weight excluding hydrogens is 372 g/mol. The highest BCUT2D eigenvalue weighted by molar-refractivity contribution is 5.87. The van der Waals surface area contributed by atoms with E-state index in [1.165, 1.54) is 5.57 Å². The average molecular weight is 417 g/mol. The van der Waals surface area contributed by atoms with Gasteiger partial charge in [-0.3, -0.25) is 4.79 Å². The first-order chi connectivity index (χ1) is 14.2. The number of rotatable bonds is 15. The van der Waals surface area contributed by atoms with Crippen LogP contribution in [0, 0.1) is 5.41 Å². The van der Waals surface area contributed by atoms with E-state index in [-0.39, 0.29) is 11.3 Å². The van der Waals surface area contributed by atoms with Crippen molar-refractivity contribution in [1.29, 1.82) is 0 Å². The van der Waals surface area contributed by atoms with Gasteiger partial charge in [0.05, 0.1) is 0 Å². The minimum absolute atomic E-state index is 0.0773. The van der Waals surface area contributed by atoms with Gasteiger partial charge in [-0.05, 0) is 70.4 Å². The predicted octanol–water partition coefficient (Wildman–Crippen LogP) is 5.97. The number of likely N-dealkylation sites (N-methyl/N-ethyl adjacent to an activating group) is 1. The fourth-order valence-corrected chi connectivity index (χ4v) is 3.01. The molecule has 0 fully saturated rings. The second-order valence-electron chi connectivity index (χ2n) is 8.76. The van der Waals surface area contributed by atoms with Crippen LogP contribution in [0.15, 0.2) is 47.7 Å². The Morgan fingerprint density at radius 2 is 1.83 bits per heavy atom. The van der Waals surface area contributed by atoms with Gasteiger partial charge >= 0.3 is 0 Å². The Morgan fingerprint density at radius 1 is 1.10 bits per heavy atom. The maximum Gasteiger partial charge on any atom is 0.246 e. The van der Waals surface area contributed by atoms with E-state index in [1.54, 1.807) is 6.08 Å². The lowest BCUT2D eigenvalue weighted by Crippen LogP contribution is -2.32. The third-order valence-corrected chi connectivity index (χ3v) is 4.57. The predicted molar refractivity (Wildman–Crippen MR) is 129 cm³/mol. The number of allylic oxidation sites excluding steroid dienone is 6. The molecule has 0 saturated heterocycles. The number of amides is 1. The van der Waals surface area contributed by atoms with Crippen molar-refractivity contribution in [1.82, 2.24) is 10.2 Å². The average Bonchev–Trinajstić information content (AvgIpc) is 2.67. The molecule has 0 aromatic carbocycles. The Labute approximate surface area is 185 Å². The Balaban J connectivity index is 4.36. The maximum atomic E-state index is 12.4. The molecule has 0 aromatic rings. The van der Waals surface area contributed by atoms with Crippen LogP contribution in [0.3, 0.4) is 0 Å². The second kappa shape index (κ2) is 16.7. The molecule has 0 aliphatic carbocycles. The van der Waals surface area contributed by atoms with Crippen molar-refractivity contribution < 1.29 is 9.59 Å². The summed E-state index contributed by atoms with van der Waals surface area (Å²) in [4.78, 5) is 24.6. The normalized spacial score (nSPS) is 13.3. The van der Waals surface area contributed by atoms with Crippen molar-refractivity contribution in [3.8, 4) is 0 Å². The summed E-state index contributed by atoms with van der Waals surface area (Å²) in [5, 5.41) is 3.48. The monoisotopic (exact) mass is 416 g/mol. The fraction of sp³-hybridized carbons (Fsp3) is 0.615. The second-order valence-corrected chi connectivity index (χ2v) is 8.76. The summed E-state index contributed by atoms with van der Waals surface area (Å²) in [6.07, 6.45) is 18.5. The molecule has 0 saturated carbocycles. The highest BCUT2D eigenvalue weighted by Gasteiger charge is 2.09. The van der Waals surface area contributed by atoms with Crippen molar-refractivity contribution in [2.24, 2.45) is 5.41 Å². The third-order valence-electron chi connectivity index (χ3n) is 4.57. The number of carbonyl (C=O) groups excluding carboxylic acids is 2. The van der Waals surface area contributed by atoms with Crippen LogP contribution < -0.4 is 5.32 Å². The van der Waals surface area contributed by atoms with Crippen LogP contribution in [0.5, 0.6) is 0 Å². The number of aldehydes is 1. The van der Waals surface area contributed by atoms with Gasteiger partial charge in [-0.1, -0.05) is 50.6 Å². The lowest BCUT2D eigenvalue weighted by Gasteiger charge is -2.20. The van der Waals surface area contributed by atoms with Gasteiger partial charge in [0.15, 0.2) is 0 Å². The van der Waals surface area contributed by atoms with Gasteiger partial charge in [0, 0.05) is 31.8 Å². The minimum Gasteiger partial charge on any atom is -0.385 e. The summed E-state index contributed by atoms with van der Waals surface area (Å²) in [5.74, 6) is 0.0773. The van der Waals surface area contributed by atoms with Crippen molar-refractivity contribution in [3.63, 3.8) is 0 Å². The first-order valence-electron chi connectivity index (χ1n) is 11.4. The van der Waals surface area contributed by atoms with Crippen LogP contribution in [0.2, 0.25) is 0 Å². The minimum atomic E-state index is 0.0773. The summed E-state index contributed by atoms with van der Waals surface area (Å²) >= 11 is 0. The molecule has 0 aromatic heterocycles. The molecule has 0 heterocycles. The topological polar surface area (TPSA) is 49.4 Å². The van der Waals surface area contributed by atoms with E-state index in [9.17, 15) is 9.59 Å². The number of hydrogen-bond acceptors (Lipinski definition) is 3. The molecule has 4 nitrogen and oxygen atoms in total. The molecule has 0 radical (unpaired) electrons. The number of carbonyl (C=O) groups is 2. The molecule has 0 bridgehead atoms. The standard InChI is InChI=1S/C26H44N2O2/c1-7-15-24(22-26(4,5)6)27-19-14-20-28(8-2)25(30)18-12-11-17-23(3)16-10-9-13-21-29/h7,12,15,17-18,21-22,27H,8-11,13-14,16,19-20H2,1-6H3/b15-7-,18-12+,23-17+,24-22+. The van der Waals surface area contributed by atoms with Gasteiger partial charge in [0.25, 0.3) is 0 Å². The summed E-state index contributed by atoms with van der Waals surface area (Å²) in [6, 6.07) is 0. The molecular formula is C26H44N2O2. The van der Waals surface area contributed by atoms with Crippen LogP contribution in [-0.4, -0.2) is 36.7 Å². The van der Waals surface area contributed by atoms with Gasteiger partial charge < -0.3 is 15.0 Å². The van der Waals surface area contributed by atoms with Gasteiger partial charge in [0.1, 0.15) is 6.29 Å². The molecule has 0 unspecified atom stereocenters. The molecule has 30 heavy (non-hydrogen) atoms. The molecule has 1 amide bonds. The van der Waals surface area contributed by atoms with Gasteiger partial charge in [-0.2, -0.15) is 0 Å². The molecule has 0 aliphatic rings. The van der Waals surface area contributed by atoms with E-state index in [0.29, 0.717) is 13.0 Å². The number of hydrogen-bond donors (Lipinski definition) is 1. The highest BCUT2D eigenvalue weighted by atomic mass is 16.2. The molecule has 4 heteroatoms. The molecule has 0 atom stereocenters. The Bertz CT molecular complexity index is 607. The van der Waals surface area contributed by atoms with Crippen LogP contribution in [-0.2, 0) is 9.59 Å². The summed E-state index contributed by atoms with van der Waals surface area (Å²) in [6.45, 7) is 15.0. The molecule has 0 rings (SSSR count). The van der Waals surface area contributed by atoms with Gasteiger partial charge in [-0.15, -0.1) is 0 Å². The SMILES string of the molecule is C/C=C\C(=C/C(C)(C)C)NCCCN(CC)C(=O)/C=C/C/C=C(\C)CCCCC=O. The van der Waals surface area contributed by atoms with Crippen LogP contribution in [0.25, 0.3) is 0 Å². The zero-order valence-electron chi connectivity index (χ0n) is 20.2. The Hall–Kier alpha value is -2.10. The fourth-order valence-electron chi connectivity index (χ4n) is 3.01. The third kappa shape index (κ3) is 15.8. The van der Waals surface area contributed by atoms with Gasteiger partial charge in [-0.25, -0.2) is 0 Å². The Kier molecular flexibility index (Phi) is 15.5. The molecule has 0 spiro atoms. The lowest BCUT2D eigenvalue weighted by atomic mass is 9.95. The number of unbranched alkanes of at least 4 members (excludes halogenated alkanes) is 2. The van der Waals surface area contributed by atoms with Crippen LogP contribution >= 0.6 is 0 Å². The molecule has 0 aliphatic heterocycles. The van der Waals surface area contributed by atoms with E-state index < -0.39 is 0 Å². The smallest absolute Gasteiger partial charge is 0.246 e. The highest BCUT2D eigenvalue weighted by Crippen LogP contribution is 2.17. The first kappa shape index (κ1) is 27.9. The zero-order chi connectivity index (χ0) is 22.8. The Morgan fingerprint density at radius 3 is 2.43 bits per heavy atom. The van der Waals surface area contributed by atoms with E-state index in [4.69, 9.17) is 0 Å². The summed E-state index contributed by atoms with van der Waals surface area (Å²) in [7, 11) is 0. The number of nitrogens with zero attached hydrogens (tertiary/aromatic N) is 1. The van der Waals surface area contributed by atoms with E-state index >= 15 is 0 Å². The van der Waals surface area contributed by atoms with E-state index in [2.05, 4.69) is 51.2 Å². The quantitative estimate of drug-likeness (QED) is 0.118.